The largest absolute Gasteiger partial charge is 0.493 e. The number of carboxylic acid groups (broad SMARTS) is 1. The molecule has 0 aliphatic carbocycles. The standard InChI is InChI=1S/C33H46N4O6/c1-8-36(9-2)26-16-21(15-25(33(4,5)6)30(26)43-14-12-11-13-29(39)40)27(38)20-37-19-22-17-28(42-10-3)24(32(41)35-7)18-23(22)31(37)34/h15-18,34H,8-14,19-20H2,1-7H3,(H,35,41)(H,39,40). The Morgan fingerprint density at radius 2 is 1.74 bits per heavy atom. The number of nitrogens with zero attached hydrogens (tertiary/aromatic N) is 2. The summed E-state index contributed by atoms with van der Waals surface area (Å²) in [4.78, 5) is 41.1. The van der Waals surface area contributed by atoms with Crippen molar-refractivity contribution in [1.29, 1.82) is 5.41 Å². The first-order valence-corrected chi connectivity index (χ1v) is 15.0. The minimum atomic E-state index is -0.821. The number of carboxylic acids is 1. The Hall–Kier alpha value is -4.08. The van der Waals surface area contributed by atoms with Crippen LogP contribution in [0.5, 0.6) is 11.5 Å². The summed E-state index contributed by atoms with van der Waals surface area (Å²) in [6.45, 7) is 14.8. The molecule has 234 valence electrons. The number of benzene rings is 2. The van der Waals surface area contributed by atoms with Gasteiger partial charge in [0.15, 0.2) is 5.78 Å². The van der Waals surface area contributed by atoms with Crippen LogP contribution in [0.4, 0.5) is 5.69 Å². The summed E-state index contributed by atoms with van der Waals surface area (Å²) < 4.78 is 12.0. The molecule has 10 nitrogen and oxygen atoms in total. The Balaban J connectivity index is 1.94. The zero-order valence-corrected chi connectivity index (χ0v) is 26.6. The molecule has 0 fully saturated rings. The minimum Gasteiger partial charge on any atom is -0.493 e. The highest BCUT2D eigenvalue weighted by molar-refractivity contribution is 6.08. The molecule has 0 aromatic heterocycles. The molecule has 3 N–H and O–H groups in total. The lowest BCUT2D eigenvalue weighted by Gasteiger charge is -2.31. The highest BCUT2D eigenvalue weighted by Gasteiger charge is 2.31. The quantitative estimate of drug-likeness (QED) is 0.188. The van der Waals surface area contributed by atoms with E-state index in [-0.39, 0.29) is 35.9 Å². The molecule has 0 saturated carbocycles. The molecule has 1 amide bonds. The van der Waals surface area contributed by atoms with Gasteiger partial charge in [0.05, 0.1) is 31.0 Å². The first-order valence-electron chi connectivity index (χ1n) is 15.0. The van der Waals surface area contributed by atoms with Crippen LogP contribution in [0.25, 0.3) is 0 Å². The fraction of sp³-hybridized carbons (Fsp3) is 0.515. The van der Waals surface area contributed by atoms with E-state index in [4.69, 9.17) is 20.0 Å². The van der Waals surface area contributed by atoms with Crippen molar-refractivity contribution >= 4 is 29.2 Å². The number of amidine groups is 1. The van der Waals surface area contributed by atoms with E-state index in [0.717, 1.165) is 35.7 Å². The Labute approximate surface area is 254 Å². The van der Waals surface area contributed by atoms with Crippen molar-refractivity contribution in [3.05, 3.63) is 52.1 Å². The molecular formula is C33H46N4O6. The molecule has 1 aliphatic heterocycles. The number of rotatable bonds is 15. The van der Waals surface area contributed by atoms with E-state index >= 15 is 0 Å². The number of hydrogen-bond acceptors (Lipinski definition) is 7. The third-order valence-electron chi connectivity index (χ3n) is 7.58. The molecule has 0 unspecified atom stereocenters. The molecule has 10 heteroatoms. The van der Waals surface area contributed by atoms with Crippen molar-refractivity contribution in [2.45, 2.75) is 72.8 Å². The lowest BCUT2D eigenvalue weighted by molar-refractivity contribution is -0.137. The van der Waals surface area contributed by atoms with Crippen molar-refractivity contribution in [1.82, 2.24) is 10.2 Å². The van der Waals surface area contributed by atoms with Crippen LogP contribution in [0.3, 0.4) is 0 Å². The molecule has 1 heterocycles. The molecule has 2 aromatic carbocycles. The zero-order chi connectivity index (χ0) is 31.9. The molecule has 43 heavy (non-hydrogen) atoms. The van der Waals surface area contributed by atoms with Gasteiger partial charge in [0, 0.05) is 49.8 Å². The van der Waals surface area contributed by atoms with Crippen molar-refractivity contribution in [3.63, 3.8) is 0 Å². The second-order valence-electron chi connectivity index (χ2n) is 11.6. The van der Waals surface area contributed by atoms with Gasteiger partial charge in [0.1, 0.15) is 17.3 Å². The number of nitrogens with one attached hydrogen (secondary N) is 2. The molecular weight excluding hydrogens is 548 g/mol. The van der Waals surface area contributed by atoms with Crippen molar-refractivity contribution in [2.24, 2.45) is 0 Å². The number of anilines is 1. The van der Waals surface area contributed by atoms with E-state index < -0.39 is 5.97 Å². The third-order valence-corrected chi connectivity index (χ3v) is 7.58. The number of aliphatic carboxylic acids is 1. The van der Waals surface area contributed by atoms with Gasteiger partial charge in [0.2, 0.25) is 0 Å². The van der Waals surface area contributed by atoms with Crippen LogP contribution in [0, 0.1) is 5.41 Å². The summed E-state index contributed by atoms with van der Waals surface area (Å²) in [6, 6.07) is 7.23. The number of Topliss-reactive ketones (excluding diaryl/α,β-unsaturated/α-hetero) is 1. The number of hydrogen-bond donors (Lipinski definition) is 3. The number of carbonyl (C=O) groups is 3. The maximum Gasteiger partial charge on any atom is 0.303 e. The fourth-order valence-electron chi connectivity index (χ4n) is 5.25. The molecule has 0 atom stereocenters. The Morgan fingerprint density at radius 1 is 1.05 bits per heavy atom. The predicted molar refractivity (Wildman–Crippen MR) is 168 cm³/mol. The summed E-state index contributed by atoms with van der Waals surface area (Å²) in [5.74, 6) is 0.126. The first-order chi connectivity index (χ1) is 20.4. The highest BCUT2D eigenvalue weighted by atomic mass is 16.5. The lowest BCUT2D eigenvalue weighted by Crippen LogP contribution is -2.31. The van der Waals surface area contributed by atoms with E-state index in [0.29, 0.717) is 55.0 Å². The second-order valence-corrected chi connectivity index (χ2v) is 11.6. The van der Waals surface area contributed by atoms with Gasteiger partial charge in [-0.25, -0.2) is 0 Å². The first kappa shape index (κ1) is 33.4. The zero-order valence-electron chi connectivity index (χ0n) is 26.6. The van der Waals surface area contributed by atoms with Crippen LogP contribution in [0.1, 0.15) is 98.2 Å². The topological polar surface area (TPSA) is 132 Å². The molecule has 2 aromatic rings. The molecule has 3 rings (SSSR count). The summed E-state index contributed by atoms with van der Waals surface area (Å²) in [5.41, 5.74) is 3.73. The van der Waals surface area contributed by atoms with Gasteiger partial charge in [-0.1, -0.05) is 20.8 Å². The smallest absolute Gasteiger partial charge is 0.303 e. The van der Waals surface area contributed by atoms with E-state index in [1.165, 1.54) is 0 Å². The fourth-order valence-corrected chi connectivity index (χ4v) is 5.25. The normalized spacial score (nSPS) is 12.6. The molecule has 0 spiro atoms. The average Bonchev–Trinajstić information content (AvgIpc) is 3.25. The van der Waals surface area contributed by atoms with E-state index in [1.54, 1.807) is 24.1 Å². The number of carbonyl (C=O) groups excluding carboxylic acids is 2. The van der Waals surface area contributed by atoms with Gasteiger partial charge in [-0.2, -0.15) is 0 Å². The molecule has 0 saturated heterocycles. The Morgan fingerprint density at radius 3 is 2.33 bits per heavy atom. The highest BCUT2D eigenvalue weighted by Crippen LogP contribution is 2.41. The SMILES string of the molecule is CCOc1cc2c(cc1C(=O)NC)C(=N)N(CC(=O)c1cc(N(CC)CC)c(OCCCCC(=O)O)c(C(C)(C)C)c1)C2. The Kier molecular flexibility index (Phi) is 11.2. The van der Waals surface area contributed by atoms with Crippen molar-refractivity contribution in [3.8, 4) is 11.5 Å². The van der Waals surface area contributed by atoms with Crippen LogP contribution < -0.4 is 19.7 Å². The van der Waals surface area contributed by atoms with Gasteiger partial charge in [-0.05, 0) is 68.9 Å². The molecule has 0 bridgehead atoms. The van der Waals surface area contributed by atoms with Gasteiger partial charge < -0.3 is 29.7 Å². The van der Waals surface area contributed by atoms with Crippen molar-refractivity contribution in [2.75, 3.05) is 44.8 Å². The minimum absolute atomic E-state index is 0.00343. The summed E-state index contributed by atoms with van der Waals surface area (Å²) in [7, 11) is 1.55. The third kappa shape index (κ3) is 7.86. The molecule has 1 aliphatic rings. The molecule has 0 radical (unpaired) electrons. The number of fused-ring (bicyclic) bond motifs is 1. The number of ether oxygens (including phenoxy) is 2. The summed E-state index contributed by atoms with van der Waals surface area (Å²) >= 11 is 0. The summed E-state index contributed by atoms with van der Waals surface area (Å²) in [6.07, 6.45) is 1.23. The van der Waals surface area contributed by atoms with Gasteiger partial charge in [-0.3, -0.25) is 19.8 Å². The predicted octanol–water partition coefficient (Wildman–Crippen LogP) is 5.25. The average molecular weight is 595 g/mol. The van der Waals surface area contributed by atoms with Crippen LogP contribution in [-0.2, 0) is 16.8 Å². The summed E-state index contributed by atoms with van der Waals surface area (Å²) in [5, 5.41) is 20.4. The van der Waals surface area contributed by atoms with E-state index in [1.807, 2.05) is 19.1 Å². The number of unbranched alkanes of at least 4 members (excludes halogenated alkanes) is 1. The van der Waals surface area contributed by atoms with Gasteiger partial charge in [0.25, 0.3) is 5.91 Å². The van der Waals surface area contributed by atoms with Crippen LogP contribution in [0.2, 0.25) is 0 Å². The monoisotopic (exact) mass is 594 g/mol. The van der Waals surface area contributed by atoms with Gasteiger partial charge in [-0.15, -0.1) is 0 Å². The number of ketones is 1. The Bertz CT molecular complexity index is 1360. The van der Waals surface area contributed by atoms with Gasteiger partial charge >= 0.3 is 5.97 Å². The lowest BCUT2D eigenvalue weighted by atomic mass is 9.84. The van der Waals surface area contributed by atoms with Crippen LogP contribution in [0.15, 0.2) is 24.3 Å². The maximum absolute atomic E-state index is 13.9. The van der Waals surface area contributed by atoms with E-state index in [2.05, 4.69) is 44.8 Å². The van der Waals surface area contributed by atoms with E-state index in [9.17, 15) is 14.4 Å². The van der Waals surface area contributed by atoms with Crippen molar-refractivity contribution < 1.29 is 29.0 Å². The van der Waals surface area contributed by atoms with Crippen LogP contribution >= 0.6 is 0 Å². The number of amides is 1. The van der Waals surface area contributed by atoms with Crippen LogP contribution in [-0.4, -0.2) is 73.4 Å². The maximum atomic E-state index is 13.9. The second kappa shape index (κ2) is 14.4.